The summed E-state index contributed by atoms with van der Waals surface area (Å²) >= 11 is 0. The Morgan fingerprint density at radius 1 is 1.50 bits per heavy atom. The molecule has 1 aromatic heterocycles. The molecule has 1 heterocycles. The predicted molar refractivity (Wildman–Crippen MR) is 79.3 cm³/mol. The minimum absolute atomic E-state index is 0.0112. The van der Waals surface area contributed by atoms with Gasteiger partial charge in [0.15, 0.2) is 0 Å². The SMILES string of the molecule is CC(C)Oc1ncccc1CNC(=O)CCC(C)(C)N. The lowest BCUT2D eigenvalue weighted by molar-refractivity contribution is -0.121. The molecule has 0 bridgehead atoms. The maximum Gasteiger partial charge on any atom is 0.220 e. The predicted octanol–water partition coefficient (Wildman–Crippen LogP) is 2.00. The van der Waals surface area contributed by atoms with Gasteiger partial charge in [0.2, 0.25) is 11.8 Å². The third-order valence-corrected chi connectivity index (χ3v) is 2.67. The summed E-state index contributed by atoms with van der Waals surface area (Å²) in [7, 11) is 0. The van der Waals surface area contributed by atoms with Crippen LogP contribution in [0.2, 0.25) is 0 Å². The number of nitrogens with one attached hydrogen (secondary N) is 1. The standard InChI is InChI=1S/C15H25N3O2/c1-11(2)20-14-12(6-5-9-17-14)10-18-13(19)7-8-15(3,4)16/h5-6,9,11H,7-8,10,16H2,1-4H3,(H,18,19). The molecular weight excluding hydrogens is 254 g/mol. The minimum Gasteiger partial charge on any atom is -0.475 e. The normalized spacial score (nSPS) is 11.5. The number of hydrogen-bond acceptors (Lipinski definition) is 4. The van der Waals surface area contributed by atoms with Gasteiger partial charge in [0.05, 0.1) is 6.10 Å². The summed E-state index contributed by atoms with van der Waals surface area (Å²) in [5.41, 5.74) is 6.41. The summed E-state index contributed by atoms with van der Waals surface area (Å²) in [5.74, 6) is 0.560. The van der Waals surface area contributed by atoms with E-state index >= 15 is 0 Å². The maximum absolute atomic E-state index is 11.8. The highest BCUT2D eigenvalue weighted by Crippen LogP contribution is 2.15. The Bertz CT molecular complexity index is 439. The number of ether oxygens (including phenoxy) is 1. The Labute approximate surface area is 120 Å². The molecule has 0 atom stereocenters. The van der Waals surface area contributed by atoms with Crippen LogP contribution in [0.5, 0.6) is 5.88 Å². The first-order valence-corrected chi connectivity index (χ1v) is 6.94. The largest absolute Gasteiger partial charge is 0.475 e. The lowest BCUT2D eigenvalue weighted by Gasteiger charge is -2.18. The molecule has 0 spiro atoms. The van der Waals surface area contributed by atoms with E-state index in [0.717, 1.165) is 5.56 Å². The molecule has 112 valence electrons. The highest BCUT2D eigenvalue weighted by molar-refractivity contribution is 5.76. The summed E-state index contributed by atoms with van der Waals surface area (Å²) < 4.78 is 5.61. The van der Waals surface area contributed by atoms with Crippen LogP contribution in [0.4, 0.5) is 0 Å². The van der Waals surface area contributed by atoms with Crippen LogP contribution in [-0.2, 0) is 11.3 Å². The van der Waals surface area contributed by atoms with Gasteiger partial charge in [-0.15, -0.1) is 0 Å². The molecule has 20 heavy (non-hydrogen) atoms. The van der Waals surface area contributed by atoms with Gasteiger partial charge in [-0.2, -0.15) is 0 Å². The van der Waals surface area contributed by atoms with Crippen molar-refractivity contribution in [1.29, 1.82) is 0 Å². The van der Waals surface area contributed by atoms with Gasteiger partial charge in [-0.1, -0.05) is 6.07 Å². The monoisotopic (exact) mass is 279 g/mol. The van der Waals surface area contributed by atoms with Gasteiger partial charge >= 0.3 is 0 Å². The molecule has 5 nitrogen and oxygen atoms in total. The van der Waals surface area contributed by atoms with Crippen LogP contribution in [0.3, 0.4) is 0 Å². The van der Waals surface area contributed by atoms with Crippen molar-refractivity contribution >= 4 is 5.91 Å². The number of aromatic nitrogens is 1. The van der Waals surface area contributed by atoms with Crippen LogP contribution in [-0.4, -0.2) is 22.5 Å². The van der Waals surface area contributed by atoms with Gasteiger partial charge in [0.25, 0.3) is 0 Å². The second-order valence-electron chi connectivity index (χ2n) is 5.90. The van der Waals surface area contributed by atoms with Crippen LogP contribution in [0.15, 0.2) is 18.3 Å². The van der Waals surface area contributed by atoms with Crippen LogP contribution in [0, 0.1) is 0 Å². The Morgan fingerprint density at radius 2 is 2.20 bits per heavy atom. The van der Waals surface area contributed by atoms with Crippen LogP contribution < -0.4 is 15.8 Å². The number of amides is 1. The molecule has 0 fully saturated rings. The van der Waals surface area contributed by atoms with Crippen molar-refractivity contribution in [2.45, 2.75) is 58.7 Å². The lowest BCUT2D eigenvalue weighted by Crippen LogP contribution is -2.34. The van der Waals surface area contributed by atoms with Crippen molar-refractivity contribution in [3.05, 3.63) is 23.9 Å². The molecule has 0 aliphatic rings. The summed E-state index contributed by atoms with van der Waals surface area (Å²) in [4.78, 5) is 16.0. The molecule has 1 amide bonds. The van der Waals surface area contributed by atoms with E-state index in [9.17, 15) is 4.79 Å². The number of rotatable bonds is 7. The zero-order valence-corrected chi connectivity index (χ0v) is 12.8. The Hall–Kier alpha value is -1.62. The zero-order valence-electron chi connectivity index (χ0n) is 12.8. The minimum atomic E-state index is -0.322. The molecule has 0 radical (unpaired) electrons. The molecular formula is C15H25N3O2. The zero-order chi connectivity index (χ0) is 15.2. The smallest absolute Gasteiger partial charge is 0.220 e. The molecule has 0 aliphatic carbocycles. The fourth-order valence-corrected chi connectivity index (χ4v) is 1.61. The first kappa shape index (κ1) is 16.4. The quantitative estimate of drug-likeness (QED) is 0.800. The summed E-state index contributed by atoms with van der Waals surface area (Å²) in [5, 5.41) is 2.87. The van der Waals surface area contributed by atoms with Crippen LogP contribution in [0.1, 0.15) is 46.1 Å². The highest BCUT2D eigenvalue weighted by atomic mass is 16.5. The second kappa shape index (κ2) is 7.24. The molecule has 1 rings (SSSR count). The molecule has 0 saturated carbocycles. The highest BCUT2D eigenvalue weighted by Gasteiger charge is 2.14. The maximum atomic E-state index is 11.8. The third kappa shape index (κ3) is 6.52. The van der Waals surface area contributed by atoms with Gasteiger partial charge in [0.1, 0.15) is 0 Å². The molecule has 0 aliphatic heterocycles. The van der Waals surface area contributed by atoms with Crippen molar-refractivity contribution in [1.82, 2.24) is 10.3 Å². The Kier molecular flexibility index (Phi) is 5.95. The number of pyridine rings is 1. The van der Waals surface area contributed by atoms with E-state index in [1.54, 1.807) is 6.20 Å². The average Bonchev–Trinajstić information content (AvgIpc) is 2.34. The number of hydrogen-bond donors (Lipinski definition) is 2. The Morgan fingerprint density at radius 3 is 2.80 bits per heavy atom. The second-order valence-corrected chi connectivity index (χ2v) is 5.90. The molecule has 3 N–H and O–H groups in total. The summed E-state index contributed by atoms with van der Waals surface area (Å²) in [6.07, 6.45) is 2.81. The third-order valence-electron chi connectivity index (χ3n) is 2.67. The first-order chi connectivity index (χ1) is 9.28. The van der Waals surface area contributed by atoms with Gasteiger partial charge in [0, 0.05) is 30.3 Å². The van der Waals surface area contributed by atoms with Gasteiger partial charge < -0.3 is 15.8 Å². The van der Waals surface area contributed by atoms with E-state index in [-0.39, 0.29) is 17.6 Å². The van der Waals surface area contributed by atoms with E-state index in [2.05, 4.69) is 10.3 Å². The van der Waals surface area contributed by atoms with E-state index in [4.69, 9.17) is 10.5 Å². The molecule has 0 aromatic carbocycles. The van der Waals surface area contributed by atoms with Crippen LogP contribution >= 0.6 is 0 Å². The Balaban J connectivity index is 2.51. The van der Waals surface area contributed by atoms with Crippen molar-refractivity contribution in [2.75, 3.05) is 0 Å². The number of carbonyl (C=O) groups excluding carboxylic acids is 1. The van der Waals surface area contributed by atoms with Crippen molar-refractivity contribution in [3.63, 3.8) is 0 Å². The topological polar surface area (TPSA) is 77.2 Å². The van der Waals surface area contributed by atoms with Crippen molar-refractivity contribution in [2.24, 2.45) is 5.73 Å². The van der Waals surface area contributed by atoms with Crippen LogP contribution in [0.25, 0.3) is 0 Å². The molecule has 0 unspecified atom stereocenters. The summed E-state index contributed by atoms with van der Waals surface area (Å²) in [6, 6.07) is 3.73. The molecule has 1 aromatic rings. The molecule has 5 heteroatoms. The average molecular weight is 279 g/mol. The van der Waals surface area contributed by atoms with Gasteiger partial charge in [-0.05, 0) is 40.2 Å². The number of nitrogens with two attached hydrogens (primary N) is 1. The van der Waals surface area contributed by atoms with Crippen molar-refractivity contribution < 1.29 is 9.53 Å². The van der Waals surface area contributed by atoms with E-state index in [0.29, 0.717) is 25.3 Å². The van der Waals surface area contributed by atoms with Gasteiger partial charge in [-0.3, -0.25) is 4.79 Å². The number of nitrogens with zero attached hydrogens (tertiary/aromatic N) is 1. The van der Waals surface area contributed by atoms with E-state index < -0.39 is 0 Å². The van der Waals surface area contributed by atoms with Crippen molar-refractivity contribution in [3.8, 4) is 5.88 Å². The van der Waals surface area contributed by atoms with E-state index in [1.165, 1.54) is 0 Å². The fourth-order valence-electron chi connectivity index (χ4n) is 1.61. The van der Waals surface area contributed by atoms with E-state index in [1.807, 2.05) is 39.8 Å². The lowest BCUT2D eigenvalue weighted by atomic mass is 10.00. The first-order valence-electron chi connectivity index (χ1n) is 6.94. The number of carbonyl (C=O) groups is 1. The summed E-state index contributed by atoms with van der Waals surface area (Å²) in [6.45, 7) is 8.13. The van der Waals surface area contributed by atoms with Gasteiger partial charge in [-0.25, -0.2) is 4.98 Å². The fraction of sp³-hybridized carbons (Fsp3) is 0.600. The molecule has 0 saturated heterocycles.